The van der Waals surface area contributed by atoms with Crippen molar-refractivity contribution in [2.24, 2.45) is 11.1 Å². The minimum atomic E-state index is -0.416. The molecular formula is C14H29ClN2O. The number of hydrogen-bond acceptors (Lipinski definition) is 2. The normalized spacial score (nSPS) is 12.5. The number of allylic oxidation sites excluding steroid dienone is 1. The molecule has 0 heterocycles. The van der Waals surface area contributed by atoms with E-state index in [2.05, 4.69) is 6.58 Å². The Hall–Kier alpha value is -0.540. The molecule has 0 spiro atoms. The molecule has 0 aromatic carbocycles. The number of carbonyl (C=O) groups excluding carboxylic acids is 1. The van der Waals surface area contributed by atoms with Gasteiger partial charge in [0.05, 0.1) is 6.04 Å². The van der Waals surface area contributed by atoms with Gasteiger partial charge in [-0.05, 0) is 24.7 Å². The van der Waals surface area contributed by atoms with Crippen LogP contribution in [-0.4, -0.2) is 30.4 Å². The Bertz CT molecular complexity index is 249. The fourth-order valence-electron chi connectivity index (χ4n) is 1.53. The van der Waals surface area contributed by atoms with E-state index in [0.29, 0.717) is 0 Å². The third kappa shape index (κ3) is 7.72. The lowest BCUT2D eigenvalue weighted by atomic mass is 9.86. The zero-order valence-electron chi connectivity index (χ0n) is 12.2. The van der Waals surface area contributed by atoms with E-state index in [9.17, 15) is 4.79 Å². The SMILES string of the molecule is C=CCCCCCN(C)C(=O)[C@@H](N)C(C)(C)C.Cl. The van der Waals surface area contributed by atoms with Crippen molar-refractivity contribution in [2.45, 2.75) is 52.5 Å². The van der Waals surface area contributed by atoms with Crippen molar-refractivity contribution in [1.82, 2.24) is 4.90 Å². The third-order valence-electron chi connectivity index (χ3n) is 2.98. The first-order chi connectivity index (χ1) is 7.80. The van der Waals surface area contributed by atoms with Crippen molar-refractivity contribution in [3.63, 3.8) is 0 Å². The summed E-state index contributed by atoms with van der Waals surface area (Å²) in [7, 11) is 1.83. The molecule has 2 N–H and O–H groups in total. The maximum absolute atomic E-state index is 12.0. The molecule has 0 aliphatic heterocycles. The van der Waals surface area contributed by atoms with Crippen LogP contribution in [0.25, 0.3) is 0 Å². The number of likely N-dealkylation sites (N-methyl/N-ethyl adjacent to an activating group) is 1. The smallest absolute Gasteiger partial charge is 0.239 e. The van der Waals surface area contributed by atoms with Crippen molar-refractivity contribution < 1.29 is 4.79 Å². The number of rotatable bonds is 7. The topological polar surface area (TPSA) is 46.3 Å². The summed E-state index contributed by atoms with van der Waals surface area (Å²) < 4.78 is 0. The monoisotopic (exact) mass is 276 g/mol. The largest absolute Gasteiger partial charge is 0.344 e. The summed E-state index contributed by atoms with van der Waals surface area (Å²) in [5, 5.41) is 0. The zero-order chi connectivity index (χ0) is 13.5. The van der Waals surface area contributed by atoms with Crippen LogP contribution in [-0.2, 0) is 4.79 Å². The van der Waals surface area contributed by atoms with E-state index in [1.165, 1.54) is 0 Å². The summed E-state index contributed by atoms with van der Waals surface area (Å²) in [5.41, 5.74) is 5.77. The zero-order valence-corrected chi connectivity index (χ0v) is 13.1. The van der Waals surface area contributed by atoms with E-state index in [0.717, 1.165) is 32.2 Å². The highest BCUT2D eigenvalue weighted by Crippen LogP contribution is 2.18. The predicted octanol–water partition coefficient (Wildman–Crippen LogP) is 2.99. The quantitative estimate of drug-likeness (QED) is 0.574. The van der Waals surface area contributed by atoms with Crippen molar-refractivity contribution in [2.75, 3.05) is 13.6 Å². The first-order valence-electron chi connectivity index (χ1n) is 6.42. The first kappa shape index (κ1) is 19.8. The summed E-state index contributed by atoms with van der Waals surface area (Å²) in [6.07, 6.45) is 6.31. The van der Waals surface area contributed by atoms with Crippen LogP contribution in [0.5, 0.6) is 0 Å². The molecule has 108 valence electrons. The molecule has 0 fully saturated rings. The van der Waals surface area contributed by atoms with Gasteiger partial charge in [-0.1, -0.05) is 33.3 Å². The van der Waals surface area contributed by atoms with E-state index in [1.54, 1.807) is 4.90 Å². The van der Waals surface area contributed by atoms with Gasteiger partial charge in [0.1, 0.15) is 0 Å². The predicted molar refractivity (Wildman–Crippen MR) is 81.0 cm³/mol. The summed E-state index contributed by atoms with van der Waals surface area (Å²) >= 11 is 0. The van der Waals surface area contributed by atoms with Gasteiger partial charge in [-0.25, -0.2) is 0 Å². The molecule has 0 rings (SSSR count). The number of carbonyl (C=O) groups is 1. The van der Waals surface area contributed by atoms with E-state index in [1.807, 2.05) is 33.9 Å². The fraction of sp³-hybridized carbons (Fsp3) is 0.786. The second-order valence-electron chi connectivity index (χ2n) is 5.74. The van der Waals surface area contributed by atoms with Gasteiger partial charge in [0.15, 0.2) is 0 Å². The Morgan fingerprint density at radius 3 is 2.33 bits per heavy atom. The molecule has 0 aromatic heterocycles. The minimum Gasteiger partial charge on any atom is -0.344 e. The number of halogens is 1. The Labute approximate surface area is 118 Å². The van der Waals surface area contributed by atoms with Gasteiger partial charge in [0.2, 0.25) is 5.91 Å². The van der Waals surface area contributed by atoms with Crippen LogP contribution in [0.1, 0.15) is 46.5 Å². The average Bonchev–Trinajstić information content (AvgIpc) is 2.25. The van der Waals surface area contributed by atoms with Gasteiger partial charge < -0.3 is 10.6 Å². The van der Waals surface area contributed by atoms with Crippen molar-refractivity contribution in [1.29, 1.82) is 0 Å². The van der Waals surface area contributed by atoms with Crippen LogP contribution in [0.2, 0.25) is 0 Å². The molecule has 0 saturated carbocycles. The van der Waals surface area contributed by atoms with Gasteiger partial charge in [-0.15, -0.1) is 19.0 Å². The van der Waals surface area contributed by atoms with Crippen LogP contribution in [0, 0.1) is 5.41 Å². The molecule has 0 saturated heterocycles. The van der Waals surface area contributed by atoms with E-state index >= 15 is 0 Å². The fourth-order valence-corrected chi connectivity index (χ4v) is 1.53. The number of unbranched alkanes of at least 4 members (excludes halogenated alkanes) is 3. The molecule has 18 heavy (non-hydrogen) atoms. The molecule has 0 aliphatic carbocycles. The van der Waals surface area contributed by atoms with Crippen LogP contribution in [0.15, 0.2) is 12.7 Å². The van der Waals surface area contributed by atoms with Gasteiger partial charge in [0, 0.05) is 13.6 Å². The van der Waals surface area contributed by atoms with Crippen molar-refractivity contribution >= 4 is 18.3 Å². The summed E-state index contributed by atoms with van der Waals surface area (Å²) in [6, 6.07) is -0.416. The molecule has 3 nitrogen and oxygen atoms in total. The second-order valence-corrected chi connectivity index (χ2v) is 5.74. The standard InChI is InChI=1S/C14H28N2O.ClH/c1-6-7-8-9-10-11-16(5)13(17)12(15)14(2,3)4;/h6,12H,1,7-11,15H2,2-5H3;1H/t12-;/m1./s1. The Kier molecular flexibility index (Phi) is 10.3. The molecule has 0 radical (unpaired) electrons. The summed E-state index contributed by atoms with van der Waals surface area (Å²) in [6.45, 7) is 10.5. The molecule has 0 aromatic rings. The van der Waals surface area contributed by atoms with Gasteiger partial charge in [-0.2, -0.15) is 0 Å². The lowest BCUT2D eigenvalue weighted by Crippen LogP contribution is -2.49. The lowest BCUT2D eigenvalue weighted by molar-refractivity contribution is -0.133. The van der Waals surface area contributed by atoms with Crippen LogP contribution >= 0.6 is 12.4 Å². The van der Waals surface area contributed by atoms with E-state index in [4.69, 9.17) is 5.73 Å². The minimum absolute atomic E-state index is 0. The molecule has 0 unspecified atom stereocenters. The maximum Gasteiger partial charge on any atom is 0.239 e. The number of nitrogens with two attached hydrogens (primary N) is 1. The van der Waals surface area contributed by atoms with Gasteiger partial charge in [0.25, 0.3) is 0 Å². The van der Waals surface area contributed by atoms with Crippen molar-refractivity contribution in [3.05, 3.63) is 12.7 Å². The van der Waals surface area contributed by atoms with E-state index < -0.39 is 6.04 Å². The highest BCUT2D eigenvalue weighted by molar-refractivity contribution is 5.85. The molecule has 0 aliphatic rings. The number of nitrogens with zero attached hydrogens (tertiary/aromatic N) is 1. The van der Waals surface area contributed by atoms with Crippen molar-refractivity contribution in [3.8, 4) is 0 Å². The molecule has 1 amide bonds. The lowest BCUT2D eigenvalue weighted by Gasteiger charge is -2.30. The highest BCUT2D eigenvalue weighted by atomic mass is 35.5. The van der Waals surface area contributed by atoms with Gasteiger partial charge in [-0.3, -0.25) is 4.79 Å². The maximum atomic E-state index is 12.0. The Balaban J connectivity index is 0. The van der Waals surface area contributed by atoms with Crippen LogP contribution in [0.3, 0.4) is 0 Å². The Morgan fingerprint density at radius 1 is 1.33 bits per heavy atom. The molecule has 1 atom stereocenters. The van der Waals surface area contributed by atoms with Crippen LogP contribution < -0.4 is 5.73 Å². The summed E-state index contributed by atoms with van der Waals surface area (Å²) in [5.74, 6) is 0.0428. The highest BCUT2D eigenvalue weighted by Gasteiger charge is 2.29. The molecular weight excluding hydrogens is 248 g/mol. The first-order valence-corrected chi connectivity index (χ1v) is 6.42. The Morgan fingerprint density at radius 2 is 1.89 bits per heavy atom. The molecule has 0 bridgehead atoms. The number of hydrogen-bond donors (Lipinski definition) is 1. The van der Waals surface area contributed by atoms with Crippen LogP contribution in [0.4, 0.5) is 0 Å². The van der Waals surface area contributed by atoms with E-state index in [-0.39, 0.29) is 23.7 Å². The van der Waals surface area contributed by atoms with Gasteiger partial charge >= 0.3 is 0 Å². The summed E-state index contributed by atoms with van der Waals surface area (Å²) in [4.78, 5) is 13.7. The third-order valence-corrected chi connectivity index (χ3v) is 2.98. The second kappa shape index (κ2) is 9.40. The molecule has 4 heteroatoms. The average molecular weight is 277 g/mol. The number of amides is 1.